The van der Waals surface area contributed by atoms with E-state index in [-0.39, 0.29) is 0 Å². The molecule has 0 saturated heterocycles. The maximum atomic E-state index is 5.82. The minimum atomic E-state index is 0.813. The lowest BCUT2D eigenvalue weighted by molar-refractivity contribution is 0.609. The summed E-state index contributed by atoms with van der Waals surface area (Å²) in [4.78, 5) is 4.76. The third-order valence-electron chi connectivity index (χ3n) is 7.52. The van der Waals surface area contributed by atoms with Crippen molar-refractivity contribution < 1.29 is 0 Å². The van der Waals surface area contributed by atoms with Gasteiger partial charge in [-0.2, -0.15) is 0 Å². The first kappa shape index (κ1) is 32.6. The van der Waals surface area contributed by atoms with Gasteiger partial charge in [0.1, 0.15) is 0 Å². The number of nitrogens with two attached hydrogens (primary N) is 2. The molecular weight excluding hydrogens is 512 g/mol. The Hall–Kier alpha value is -3.92. The molecule has 0 saturated carbocycles. The van der Waals surface area contributed by atoms with E-state index in [2.05, 4.69) is 109 Å². The highest BCUT2D eigenvalue weighted by Crippen LogP contribution is 2.28. The predicted molar refractivity (Wildman–Crippen MR) is 186 cm³/mol. The Bertz CT molecular complexity index is 1210. The number of hydrogen-bond donors (Lipinski definition) is 2. The lowest BCUT2D eigenvalue weighted by Gasteiger charge is -2.25. The third kappa shape index (κ3) is 11.5. The summed E-state index contributed by atoms with van der Waals surface area (Å²) in [5, 5.41) is 0. The van der Waals surface area contributed by atoms with Crippen LogP contribution in [0.15, 0.2) is 109 Å². The van der Waals surface area contributed by atoms with Gasteiger partial charge in [0.25, 0.3) is 0 Å². The number of benzene rings is 4. The van der Waals surface area contributed by atoms with Crippen LogP contribution >= 0.6 is 0 Å². The van der Waals surface area contributed by atoms with Crippen LogP contribution in [-0.4, -0.2) is 13.1 Å². The quantitative estimate of drug-likeness (QED) is 0.105. The zero-order chi connectivity index (χ0) is 29.8. The third-order valence-corrected chi connectivity index (χ3v) is 7.52. The summed E-state index contributed by atoms with van der Waals surface area (Å²) >= 11 is 0. The normalized spacial score (nSPS) is 10.5. The van der Waals surface area contributed by atoms with E-state index in [1.54, 1.807) is 0 Å². The van der Waals surface area contributed by atoms with Gasteiger partial charge in [-0.3, -0.25) is 0 Å². The van der Waals surface area contributed by atoms with Crippen molar-refractivity contribution in [2.24, 2.45) is 0 Å². The van der Waals surface area contributed by atoms with Crippen LogP contribution in [0.5, 0.6) is 0 Å². The molecule has 0 spiro atoms. The second kappa shape index (κ2) is 19.2. The number of hydrogen-bond acceptors (Lipinski definition) is 4. The van der Waals surface area contributed by atoms with E-state index >= 15 is 0 Å². The summed E-state index contributed by atoms with van der Waals surface area (Å²) in [5.74, 6) is 0. The SMILES string of the molecule is CCCCCCCCN(c1ccccc1)c1ccc(N)cc1.CCCCCCN(c1ccccc1)c1ccc(N)cc1. The number of nitrogen functional groups attached to an aromatic ring is 2. The number of para-hydroxylation sites is 2. The van der Waals surface area contributed by atoms with Crippen LogP contribution in [0.1, 0.15) is 78.1 Å². The lowest BCUT2D eigenvalue weighted by atomic mass is 10.1. The molecule has 0 fully saturated rings. The van der Waals surface area contributed by atoms with E-state index in [9.17, 15) is 0 Å². The van der Waals surface area contributed by atoms with Crippen LogP contribution in [0, 0.1) is 0 Å². The number of anilines is 6. The smallest absolute Gasteiger partial charge is 0.0412 e. The maximum Gasteiger partial charge on any atom is 0.0412 e. The zero-order valence-corrected chi connectivity index (χ0v) is 25.9. The fraction of sp³-hybridized carbons (Fsp3) is 0.368. The van der Waals surface area contributed by atoms with Gasteiger partial charge in [0.2, 0.25) is 0 Å². The average molecular weight is 565 g/mol. The molecule has 0 amide bonds. The number of unbranched alkanes of at least 4 members (excludes halogenated alkanes) is 8. The van der Waals surface area contributed by atoms with Crippen LogP contribution < -0.4 is 21.3 Å². The van der Waals surface area contributed by atoms with Gasteiger partial charge in [-0.15, -0.1) is 0 Å². The first-order chi connectivity index (χ1) is 20.6. The molecule has 4 heteroatoms. The summed E-state index contributed by atoms with van der Waals surface area (Å²) in [6.07, 6.45) is 13.0. The Balaban J connectivity index is 0.000000231. The average Bonchev–Trinajstić information content (AvgIpc) is 3.03. The van der Waals surface area contributed by atoms with E-state index in [1.807, 2.05) is 24.3 Å². The van der Waals surface area contributed by atoms with Crippen molar-refractivity contribution in [1.29, 1.82) is 0 Å². The maximum absolute atomic E-state index is 5.82. The Kier molecular flexibility index (Phi) is 14.9. The van der Waals surface area contributed by atoms with Crippen LogP contribution in [0.3, 0.4) is 0 Å². The van der Waals surface area contributed by atoms with Crippen LogP contribution in [0.4, 0.5) is 34.1 Å². The summed E-state index contributed by atoms with van der Waals surface area (Å²) in [5.41, 5.74) is 18.2. The molecule has 0 radical (unpaired) electrons. The first-order valence-electron chi connectivity index (χ1n) is 16.0. The fourth-order valence-electron chi connectivity index (χ4n) is 5.09. The highest BCUT2D eigenvalue weighted by molar-refractivity contribution is 5.66. The van der Waals surface area contributed by atoms with E-state index < -0.39 is 0 Å². The van der Waals surface area contributed by atoms with E-state index in [4.69, 9.17) is 11.5 Å². The summed E-state index contributed by atoms with van der Waals surface area (Å²) in [6, 6.07) is 37.5. The van der Waals surface area contributed by atoms with Gasteiger partial charge in [0.15, 0.2) is 0 Å². The van der Waals surface area contributed by atoms with Crippen molar-refractivity contribution in [3.63, 3.8) is 0 Å². The molecule has 224 valence electrons. The van der Waals surface area contributed by atoms with Crippen LogP contribution in [-0.2, 0) is 0 Å². The molecule has 0 bridgehead atoms. The minimum Gasteiger partial charge on any atom is -0.399 e. The summed E-state index contributed by atoms with van der Waals surface area (Å²) < 4.78 is 0. The number of rotatable bonds is 16. The van der Waals surface area contributed by atoms with Gasteiger partial charge in [-0.1, -0.05) is 102 Å². The second-order valence-corrected chi connectivity index (χ2v) is 11.0. The largest absolute Gasteiger partial charge is 0.399 e. The van der Waals surface area contributed by atoms with Crippen molar-refractivity contribution in [2.75, 3.05) is 34.4 Å². The van der Waals surface area contributed by atoms with Gasteiger partial charge in [-0.25, -0.2) is 0 Å². The molecule has 0 aliphatic carbocycles. The summed E-state index contributed by atoms with van der Waals surface area (Å²) in [6.45, 7) is 6.61. The predicted octanol–water partition coefficient (Wildman–Crippen LogP) is 10.8. The first-order valence-corrected chi connectivity index (χ1v) is 16.0. The van der Waals surface area contributed by atoms with Gasteiger partial charge < -0.3 is 21.3 Å². The van der Waals surface area contributed by atoms with Crippen molar-refractivity contribution in [1.82, 2.24) is 0 Å². The minimum absolute atomic E-state index is 0.813. The van der Waals surface area contributed by atoms with Gasteiger partial charge >= 0.3 is 0 Å². The Morgan fingerprint density at radius 3 is 1.07 bits per heavy atom. The molecule has 0 atom stereocenters. The van der Waals surface area contributed by atoms with Crippen molar-refractivity contribution in [3.8, 4) is 0 Å². The topological polar surface area (TPSA) is 58.5 Å². The Labute approximate surface area is 255 Å². The number of nitrogens with zero attached hydrogens (tertiary/aromatic N) is 2. The van der Waals surface area contributed by atoms with E-state index in [0.717, 1.165) is 24.5 Å². The molecule has 4 N–H and O–H groups in total. The van der Waals surface area contributed by atoms with E-state index in [1.165, 1.54) is 87.0 Å². The zero-order valence-electron chi connectivity index (χ0n) is 25.9. The fourth-order valence-corrected chi connectivity index (χ4v) is 5.09. The molecular formula is C38H52N4. The Morgan fingerprint density at radius 1 is 0.381 bits per heavy atom. The van der Waals surface area contributed by atoms with E-state index in [0.29, 0.717) is 0 Å². The molecule has 4 aromatic carbocycles. The van der Waals surface area contributed by atoms with Gasteiger partial charge in [0.05, 0.1) is 0 Å². The molecule has 4 nitrogen and oxygen atoms in total. The standard InChI is InChI=1S/C20H28N2.C18H24N2/c1-2-3-4-5-6-10-17-22(19-11-8-7-9-12-19)20-15-13-18(21)14-16-20;1-2-3-4-8-15-20(17-9-6-5-7-10-17)18-13-11-16(19)12-14-18/h7-9,11-16H,2-6,10,17,21H2,1H3;5-7,9-14H,2-4,8,15,19H2,1H3. The second-order valence-electron chi connectivity index (χ2n) is 11.0. The molecule has 4 rings (SSSR count). The lowest BCUT2D eigenvalue weighted by Crippen LogP contribution is -2.18. The Morgan fingerprint density at radius 2 is 0.690 bits per heavy atom. The molecule has 0 aliphatic rings. The van der Waals surface area contributed by atoms with Crippen molar-refractivity contribution in [3.05, 3.63) is 109 Å². The molecule has 0 unspecified atom stereocenters. The van der Waals surface area contributed by atoms with Gasteiger partial charge in [0, 0.05) is 47.2 Å². The van der Waals surface area contributed by atoms with Gasteiger partial charge in [-0.05, 0) is 85.6 Å². The summed E-state index contributed by atoms with van der Waals surface area (Å²) in [7, 11) is 0. The van der Waals surface area contributed by atoms with Crippen molar-refractivity contribution >= 4 is 34.1 Å². The highest BCUT2D eigenvalue weighted by Gasteiger charge is 2.09. The molecule has 4 aromatic rings. The van der Waals surface area contributed by atoms with Crippen LogP contribution in [0.25, 0.3) is 0 Å². The highest BCUT2D eigenvalue weighted by atomic mass is 15.1. The van der Waals surface area contributed by atoms with Crippen molar-refractivity contribution in [2.45, 2.75) is 78.1 Å². The molecule has 0 heterocycles. The molecule has 0 aliphatic heterocycles. The molecule has 42 heavy (non-hydrogen) atoms. The molecule has 0 aromatic heterocycles. The van der Waals surface area contributed by atoms with Crippen LogP contribution in [0.2, 0.25) is 0 Å². The monoisotopic (exact) mass is 564 g/mol.